The third-order valence-corrected chi connectivity index (χ3v) is 4.01. The van der Waals surface area contributed by atoms with Crippen LogP contribution in [0, 0.1) is 11.6 Å². The molecule has 2 aromatic carbocycles. The lowest BCUT2D eigenvalue weighted by atomic mass is 10.1. The number of ether oxygens (including phenoxy) is 2. The van der Waals surface area contributed by atoms with Crippen LogP contribution in [0.4, 0.5) is 14.5 Å². The van der Waals surface area contributed by atoms with Crippen molar-refractivity contribution in [2.75, 3.05) is 19.5 Å². The van der Waals surface area contributed by atoms with E-state index in [4.69, 9.17) is 9.47 Å². The van der Waals surface area contributed by atoms with Crippen molar-refractivity contribution in [3.05, 3.63) is 53.1 Å². The Morgan fingerprint density at radius 3 is 2.50 bits per heavy atom. The van der Waals surface area contributed by atoms with Crippen molar-refractivity contribution in [2.24, 2.45) is 0 Å². The Bertz CT molecular complexity index is 703. The van der Waals surface area contributed by atoms with E-state index in [0.29, 0.717) is 23.4 Å². The lowest BCUT2D eigenvalue weighted by molar-refractivity contribution is 0.384. The fourth-order valence-electron chi connectivity index (χ4n) is 2.93. The second-order valence-corrected chi connectivity index (χ2v) is 5.23. The maximum absolute atomic E-state index is 14.3. The number of fused-ring (bicyclic) bond motifs is 1. The number of hydrogen-bond acceptors (Lipinski definition) is 3. The molecule has 3 rings (SSSR count). The molecule has 0 aliphatic heterocycles. The minimum absolute atomic E-state index is 0.0777. The SMILES string of the molecule is COc1ccc(F)cc1NC1CCc2c1ccc(OC)c2F. The van der Waals surface area contributed by atoms with Gasteiger partial charge >= 0.3 is 0 Å². The van der Waals surface area contributed by atoms with E-state index >= 15 is 0 Å². The first-order chi connectivity index (χ1) is 10.6. The quantitative estimate of drug-likeness (QED) is 0.923. The standard InChI is InChI=1S/C17H17F2NO2/c1-21-15-7-3-10(18)9-14(15)20-13-6-4-12-11(13)5-8-16(22-2)17(12)19/h3,5,7-9,13,20H,4,6H2,1-2H3. The van der Waals surface area contributed by atoms with Crippen molar-refractivity contribution < 1.29 is 18.3 Å². The molecular weight excluding hydrogens is 288 g/mol. The molecule has 5 heteroatoms. The number of methoxy groups -OCH3 is 2. The Labute approximate surface area is 127 Å². The van der Waals surface area contributed by atoms with Crippen LogP contribution in [0.5, 0.6) is 11.5 Å². The van der Waals surface area contributed by atoms with Gasteiger partial charge in [0, 0.05) is 6.07 Å². The van der Waals surface area contributed by atoms with E-state index in [1.54, 1.807) is 12.1 Å². The molecule has 3 nitrogen and oxygen atoms in total. The predicted octanol–water partition coefficient (Wildman–Crippen LogP) is 4.08. The molecule has 1 aliphatic carbocycles. The molecule has 1 atom stereocenters. The second-order valence-electron chi connectivity index (χ2n) is 5.23. The molecule has 2 aromatic rings. The van der Waals surface area contributed by atoms with Crippen LogP contribution in [0.25, 0.3) is 0 Å². The molecule has 1 aliphatic rings. The molecule has 0 saturated heterocycles. The van der Waals surface area contributed by atoms with Crippen LogP contribution in [0.15, 0.2) is 30.3 Å². The van der Waals surface area contributed by atoms with Crippen molar-refractivity contribution in [3.63, 3.8) is 0 Å². The maximum Gasteiger partial charge on any atom is 0.168 e. The Balaban J connectivity index is 1.92. The van der Waals surface area contributed by atoms with E-state index in [0.717, 1.165) is 12.0 Å². The molecule has 0 saturated carbocycles. The van der Waals surface area contributed by atoms with Gasteiger partial charge in [0.1, 0.15) is 11.6 Å². The summed E-state index contributed by atoms with van der Waals surface area (Å²) in [5.74, 6) is 0.157. The highest BCUT2D eigenvalue weighted by atomic mass is 19.1. The largest absolute Gasteiger partial charge is 0.495 e. The van der Waals surface area contributed by atoms with Gasteiger partial charge in [0.15, 0.2) is 11.6 Å². The monoisotopic (exact) mass is 305 g/mol. The molecule has 22 heavy (non-hydrogen) atoms. The van der Waals surface area contributed by atoms with Crippen molar-refractivity contribution in [2.45, 2.75) is 18.9 Å². The Hall–Kier alpha value is -2.30. The summed E-state index contributed by atoms with van der Waals surface area (Å²) in [5.41, 5.74) is 2.11. The van der Waals surface area contributed by atoms with Crippen molar-refractivity contribution in [3.8, 4) is 11.5 Å². The Kier molecular flexibility index (Phi) is 3.88. The first kappa shape index (κ1) is 14.6. The third kappa shape index (κ3) is 2.47. The number of benzene rings is 2. The molecule has 116 valence electrons. The number of hydrogen-bond donors (Lipinski definition) is 1. The van der Waals surface area contributed by atoms with Crippen LogP contribution in [0.3, 0.4) is 0 Å². The number of halogens is 2. The normalized spacial score (nSPS) is 16.3. The van der Waals surface area contributed by atoms with Crippen LogP contribution in [-0.2, 0) is 6.42 Å². The minimum Gasteiger partial charge on any atom is -0.495 e. The van der Waals surface area contributed by atoms with Crippen LogP contribution >= 0.6 is 0 Å². The van der Waals surface area contributed by atoms with Crippen LogP contribution in [-0.4, -0.2) is 14.2 Å². The molecule has 0 bridgehead atoms. The van der Waals surface area contributed by atoms with Crippen LogP contribution < -0.4 is 14.8 Å². The fraction of sp³-hybridized carbons (Fsp3) is 0.294. The summed E-state index contributed by atoms with van der Waals surface area (Å²) in [5, 5.41) is 3.25. The van der Waals surface area contributed by atoms with Gasteiger partial charge in [0.25, 0.3) is 0 Å². The summed E-state index contributed by atoms with van der Waals surface area (Å²) in [4.78, 5) is 0. The Morgan fingerprint density at radius 1 is 1.05 bits per heavy atom. The van der Waals surface area contributed by atoms with Gasteiger partial charge in [-0.1, -0.05) is 6.07 Å². The van der Waals surface area contributed by atoms with Crippen molar-refractivity contribution in [1.82, 2.24) is 0 Å². The third-order valence-electron chi connectivity index (χ3n) is 4.01. The zero-order valence-corrected chi connectivity index (χ0v) is 12.5. The highest BCUT2D eigenvalue weighted by Crippen LogP contribution is 2.39. The number of nitrogens with one attached hydrogen (secondary N) is 1. The average Bonchev–Trinajstić information content (AvgIpc) is 2.92. The second kappa shape index (κ2) is 5.83. The molecule has 1 N–H and O–H groups in total. The molecule has 0 aromatic heterocycles. The van der Waals surface area contributed by atoms with E-state index in [1.807, 2.05) is 6.07 Å². The molecule has 0 heterocycles. The summed E-state index contributed by atoms with van der Waals surface area (Å²) in [7, 11) is 2.98. The maximum atomic E-state index is 14.3. The van der Waals surface area contributed by atoms with Gasteiger partial charge in [-0.3, -0.25) is 0 Å². The van der Waals surface area contributed by atoms with Gasteiger partial charge in [-0.05, 0) is 42.2 Å². The van der Waals surface area contributed by atoms with Crippen molar-refractivity contribution >= 4 is 5.69 Å². The predicted molar refractivity (Wildman–Crippen MR) is 80.6 cm³/mol. The van der Waals surface area contributed by atoms with E-state index < -0.39 is 0 Å². The van der Waals surface area contributed by atoms with Gasteiger partial charge in [-0.2, -0.15) is 0 Å². The summed E-state index contributed by atoms with van der Waals surface area (Å²) in [6.07, 6.45) is 1.35. The zero-order chi connectivity index (χ0) is 15.7. The van der Waals surface area contributed by atoms with E-state index in [9.17, 15) is 8.78 Å². The van der Waals surface area contributed by atoms with Crippen LogP contribution in [0.1, 0.15) is 23.6 Å². The Morgan fingerprint density at radius 2 is 1.77 bits per heavy atom. The van der Waals surface area contributed by atoms with Gasteiger partial charge in [-0.15, -0.1) is 0 Å². The first-order valence-electron chi connectivity index (χ1n) is 7.09. The molecule has 0 fully saturated rings. The highest BCUT2D eigenvalue weighted by molar-refractivity contribution is 5.59. The minimum atomic E-state index is -0.345. The highest BCUT2D eigenvalue weighted by Gasteiger charge is 2.27. The van der Waals surface area contributed by atoms with Crippen LogP contribution in [0.2, 0.25) is 0 Å². The molecule has 0 amide bonds. The summed E-state index contributed by atoms with van der Waals surface area (Å²) < 4.78 is 37.9. The van der Waals surface area contributed by atoms with Gasteiger partial charge in [-0.25, -0.2) is 8.78 Å². The number of anilines is 1. The average molecular weight is 305 g/mol. The molecule has 0 radical (unpaired) electrons. The molecule has 1 unspecified atom stereocenters. The van der Waals surface area contributed by atoms with E-state index in [-0.39, 0.29) is 23.4 Å². The summed E-state index contributed by atoms with van der Waals surface area (Å²) in [6, 6.07) is 7.70. The zero-order valence-electron chi connectivity index (χ0n) is 12.5. The smallest absolute Gasteiger partial charge is 0.168 e. The van der Waals surface area contributed by atoms with Gasteiger partial charge in [0.2, 0.25) is 0 Å². The van der Waals surface area contributed by atoms with E-state index in [2.05, 4.69) is 5.32 Å². The van der Waals surface area contributed by atoms with Gasteiger partial charge < -0.3 is 14.8 Å². The topological polar surface area (TPSA) is 30.5 Å². The first-order valence-corrected chi connectivity index (χ1v) is 7.09. The summed E-state index contributed by atoms with van der Waals surface area (Å²) >= 11 is 0. The summed E-state index contributed by atoms with van der Waals surface area (Å²) in [6.45, 7) is 0. The van der Waals surface area contributed by atoms with Crippen molar-refractivity contribution in [1.29, 1.82) is 0 Å². The lowest BCUT2D eigenvalue weighted by Crippen LogP contribution is -2.08. The fourth-order valence-corrected chi connectivity index (χ4v) is 2.93. The number of rotatable bonds is 4. The lowest BCUT2D eigenvalue weighted by Gasteiger charge is -2.18. The molecular formula is C17H17F2NO2. The van der Waals surface area contributed by atoms with Gasteiger partial charge in [0.05, 0.1) is 25.9 Å². The van der Waals surface area contributed by atoms with E-state index in [1.165, 1.54) is 26.4 Å². The molecule has 0 spiro atoms.